The van der Waals surface area contributed by atoms with E-state index < -0.39 is 9.84 Å². The van der Waals surface area contributed by atoms with Crippen molar-refractivity contribution in [2.45, 2.75) is 6.54 Å². The summed E-state index contributed by atoms with van der Waals surface area (Å²) in [5, 5.41) is 8.31. The fraction of sp³-hybridized carbons (Fsp3) is 0.400. The van der Waals surface area contributed by atoms with E-state index >= 15 is 0 Å². The van der Waals surface area contributed by atoms with Gasteiger partial charge in [0.15, 0.2) is 0 Å². The Hall–Kier alpha value is -1.83. The van der Waals surface area contributed by atoms with Crippen molar-refractivity contribution in [1.29, 1.82) is 0 Å². The van der Waals surface area contributed by atoms with Crippen molar-refractivity contribution in [2.24, 2.45) is 7.05 Å². The zero-order valence-electron chi connectivity index (χ0n) is 10.2. The first-order valence-electron chi connectivity index (χ1n) is 5.35. The second-order valence-corrected chi connectivity index (χ2v) is 6.49. The van der Waals surface area contributed by atoms with E-state index in [-0.39, 0.29) is 5.75 Å². The lowest BCUT2D eigenvalue weighted by Crippen LogP contribution is -2.11. The number of hydrogen-bond donors (Lipinski definition) is 1. The van der Waals surface area contributed by atoms with Gasteiger partial charge in [-0.1, -0.05) is 0 Å². The molecule has 0 aromatic carbocycles. The minimum atomic E-state index is -3.00. The van der Waals surface area contributed by atoms with Crippen LogP contribution in [0.1, 0.15) is 0 Å². The van der Waals surface area contributed by atoms with Gasteiger partial charge in [0.25, 0.3) is 0 Å². The number of hydrogen-bond acceptors (Lipinski definition) is 5. The molecule has 98 valence electrons. The number of aryl methyl sites for hydroxylation is 2. The normalized spacial score (nSPS) is 11.9. The van der Waals surface area contributed by atoms with Crippen LogP contribution in [0.15, 0.2) is 18.6 Å². The van der Waals surface area contributed by atoms with Gasteiger partial charge in [-0.3, -0.25) is 9.36 Å². The first-order chi connectivity index (χ1) is 8.35. The highest BCUT2D eigenvalue weighted by Crippen LogP contribution is 2.22. The zero-order valence-corrected chi connectivity index (χ0v) is 11.1. The van der Waals surface area contributed by atoms with E-state index in [1.807, 2.05) is 0 Å². The summed E-state index contributed by atoms with van der Waals surface area (Å²) >= 11 is 0. The van der Waals surface area contributed by atoms with Gasteiger partial charge in [-0.25, -0.2) is 8.42 Å². The molecule has 0 saturated heterocycles. The Morgan fingerprint density at radius 2 is 2.11 bits per heavy atom. The maximum atomic E-state index is 11.1. The lowest BCUT2D eigenvalue weighted by molar-refractivity contribution is 0.586. The minimum Gasteiger partial charge on any atom is -0.396 e. The first-order valence-corrected chi connectivity index (χ1v) is 7.41. The van der Waals surface area contributed by atoms with Gasteiger partial charge in [0.05, 0.1) is 24.2 Å². The molecule has 7 nitrogen and oxygen atoms in total. The van der Waals surface area contributed by atoms with Crippen LogP contribution in [-0.2, 0) is 23.4 Å². The summed E-state index contributed by atoms with van der Waals surface area (Å²) < 4.78 is 25.4. The molecule has 0 amide bonds. The third-order valence-electron chi connectivity index (χ3n) is 2.46. The van der Waals surface area contributed by atoms with Crippen molar-refractivity contribution in [2.75, 3.05) is 17.7 Å². The summed E-state index contributed by atoms with van der Waals surface area (Å²) in [4.78, 5) is 0. The van der Waals surface area contributed by atoms with E-state index in [1.165, 1.54) is 6.26 Å². The number of nitrogens with zero attached hydrogens (tertiary/aromatic N) is 4. The average molecular weight is 269 g/mol. The lowest BCUT2D eigenvalue weighted by Gasteiger charge is -1.98. The van der Waals surface area contributed by atoms with Crippen molar-refractivity contribution in [3.63, 3.8) is 0 Å². The molecule has 2 rings (SSSR count). The molecule has 0 atom stereocenters. The Morgan fingerprint density at radius 1 is 1.39 bits per heavy atom. The predicted octanol–water partition coefficient (Wildman–Crippen LogP) is -0.0896. The molecule has 0 bridgehead atoms. The molecule has 0 aliphatic heterocycles. The van der Waals surface area contributed by atoms with Gasteiger partial charge in [0, 0.05) is 31.3 Å². The van der Waals surface area contributed by atoms with Gasteiger partial charge in [0.1, 0.15) is 15.5 Å². The van der Waals surface area contributed by atoms with Crippen molar-refractivity contribution < 1.29 is 8.42 Å². The fourth-order valence-corrected chi connectivity index (χ4v) is 2.10. The smallest absolute Gasteiger partial charge is 0.149 e. The molecule has 8 heteroatoms. The SMILES string of the molecule is Cn1cc(-c2nn(CCS(C)(=O)=O)cc2N)cn1. The Bertz CT molecular complexity index is 656. The van der Waals surface area contributed by atoms with E-state index in [9.17, 15) is 8.42 Å². The van der Waals surface area contributed by atoms with Gasteiger partial charge >= 0.3 is 0 Å². The highest BCUT2D eigenvalue weighted by molar-refractivity contribution is 7.90. The summed E-state index contributed by atoms with van der Waals surface area (Å²) in [5.41, 5.74) is 7.80. The van der Waals surface area contributed by atoms with Crippen molar-refractivity contribution >= 4 is 15.5 Å². The third-order valence-corrected chi connectivity index (χ3v) is 3.38. The topological polar surface area (TPSA) is 95.8 Å². The van der Waals surface area contributed by atoms with Crippen LogP contribution in [0.2, 0.25) is 0 Å². The molecule has 0 fully saturated rings. The molecule has 2 aromatic rings. The molecule has 0 spiro atoms. The lowest BCUT2D eigenvalue weighted by atomic mass is 10.2. The molecule has 2 aromatic heterocycles. The highest BCUT2D eigenvalue weighted by Gasteiger charge is 2.11. The maximum Gasteiger partial charge on any atom is 0.149 e. The number of anilines is 1. The van der Waals surface area contributed by atoms with Crippen molar-refractivity contribution in [3.05, 3.63) is 18.6 Å². The van der Waals surface area contributed by atoms with Crippen LogP contribution in [0, 0.1) is 0 Å². The van der Waals surface area contributed by atoms with E-state index in [1.54, 1.807) is 35.0 Å². The Morgan fingerprint density at radius 3 is 2.67 bits per heavy atom. The van der Waals surface area contributed by atoms with E-state index in [0.29, 0.717) is 17.9 Å². The molecule has 2 heterocycles. The molecule has 2 N–H and O–H groups in total. The third kappa shape index (κ3) is 2.89. The van der Waals surface area contributed by atoms with Crippen LogP contribution >= 0.6 is 0 Å². The van der Waals surface area contributed by atoms with Crippen LogP contribution in [0.5, 0.6) is 0 Å². The first kappa shape index (κ1) is 12.6. The average Bonchev–Trinajstić information content (AvgIpc) is 2.81. The Labute approximate surface area is 105 Å². The minimum absolute atomic E-state index is 0.0423. The number of aromatic nitrogens is 4. The Balaban J connectivity index is 2.22. The molecular formula is C10H15N5O2S. The summed E-state index contributed by atoms with van der Waals surface area (Å²) in [6.45, 7) is 0.295. The Kier molecular flexibility index (Phi) is 3.12. The molecule has 0 aliphatic rings. The molecule has 0 unspecified atom stereocenters. The van der Waals surface area contributed by atoms with Crippen LogP contribution in [-0.4, -0.2) is 40.0 Å². The van der Waals surface area contributed by atoms with E-state index in [4.69, 9.17) is 5.73 Å². The highest BCUT2D eigenvalue weighted by atomic mass is 32.2. The zero-order chi connectivity index (χ0) is 13.3. The van der Waals surface area contributed by atoms with Crippen molar-refractivity contribution in [1.82, 2.24) is 19.6 Å². The van der Waals surface area contributed by atoms with Gasteiger partial charge in [-0.15, -0.1) is 0 Å². The van der Waals surface area contributed by atoms with Gasteiger partial charge < -0.3 is 5.73 Å². The van der Waals surface area contributed by atoms with Gasteiger partial charge in [-0.2, -0.15) is 10.2 Å². The van der Waals surface area contributed by atoms with Gasteiger partial charge in [-0.05, 0) is 0 Å². The fourth-order valence-electron chi connectivity index (χ4n) is 1.58. The second kappa shape index (κ2) is 4.45. The van der Waals surface area contributed by atoms with Crippen molar-refractivity contribution in [3.8, 4) is 11.3 Å². The molecule has 0 aliphatic carbocycles. The second-order valence-electron chi connectivity index (χ2n) is 4.23. The molecular weight excluding hydrogens is 254 g/mol. The maximum absolute atomic E-state index is 11.1. The standard InChI is InChI=1S/C10H15N5O2S/c1-14-6-8(5-12-14)10-9(11)7-15(13-10)3-4-18(2,16)17/h5-7H,3-4,11H2,1-2H3. The number of nitrogen functional groups attached to an aromatic ring is 1. The monoisotopic (exact) mass is 269 g/mol. The molecule has 18 heavy (non-hydrogen) atoms. The summed E-state index contributed by atoms with van der Waals surface area (Å²) in [5.74, 6) is 0.0423. The van der Waals surface area contributed by atoms with E-state index in [2.05, 4.69) is 10.2 Å². The van der Waals surface area contributed by atoms with Crippen LogP contribution in [0.3, 0.4) is 0 Å². The summed E-state index contributed by atoms with van der Waals surface area (Å²) in [6.07, 6.45) is 6.30. The van der Waals surface area contributed by atoms with Crippen LogP contribution in [0.4, 0.5) is 5.69 Å². The number of sulfone groups is 1. The molecule has 0 radical (unpaired) electrons. The summed E-state index contributed by atoms with van der Waals surface area (Å²) in [6, 6.07) is 0. The number of rotatable bonds is 4. The quantitative estimate of drug-likeness (QED) is 0.837. The van der Waals surface area contributed by atoms with Gasteiger partial charge in [0.2, 0.25) is 0 Å². The largest absolute Gasteiger partial charge is 0.396 e. The van der Waals surface area contributed by atoms with Crippen LogP contribution in [0.25, 0.3) is 11.3 Å². The molecule has 0 saturated carbocycles. The predicted molar refractivity (Wildman–Crippen MR) is 68.6 cm³/mol. The van der Waals surface area contributed by atoms with E-state index in [0.717, 1.165) is 5.56 Å². The summed E-state index contributed by atoms with van der Waals surface area (Å²) in [7, 11) is -1.20. The van der Waals surface area contributed by atoms with Crippen LogP contribution < -0.4 is 5.73 Å². The number of nitrogens with two attached hydrogens (primary N) is 1.